The van der Waals surface area contributed by atoms with Crippen LogP contribution in [0.15, 0.2) is 29.4 Å². The first-order chi connectivity index (χ1) is 8.75. The number of thioether (sulfide) groups is 1. The molecule has 0 spiro atoms. The molecule has 0 bridgehead atoms. The molecule has 0 saturated carbocycles. The molecule has 2 heterocycles. The Bertz CT molecular complexity index is 613. The zero-order valence-corrected chi connectivity index (χ0v) is 12.2. The third-order valence-electron chi connectivity index (χ3n) is 2.61. The molecule has 5 nitrogen and oxygen atoms in total. The maximum atomic E-state index is 12.1. The number of fused-ring (bicyclic) bond motifs is 1. The van der Waals surface area contributed by atoms with Crippen molar-refractivity contribution in [1.82, 2.24) is 14.8 Å². The van der Waals surface area contributed by atoms with E-state index < -0.39 is 0 Å². The van der Waals surface area contributed by atoms with Crippen molar-refractivity contribution >= 4 is 46.2 Å². The fourth-order valence-electron chi connectivity index (χ4n) is 1.73. The molecule has 0 radical (unpaired) electrons. The number of amides is 1. The number of carbonyl (C=O) groups is 1. The van der Waals surface area contributed by atoms with Crippen LogP contribution >= 0.6 is 34.4 Å². The van der Waals surface area contributed by atoms with E-state index in [4.69, 9.17) is 0 Å². The minimum absolute atomic E-state index is 0.146. The van der Waals surface area contributed by atoms with Crippen LogP contribution in [0.2, 0.25) is 0 Å². The lowest BCUT2D eigenvalue weighted by Gasteiger charge is -2.06. The lowest BCUT2D eigenvalue weighted by Crippen LogP contribution is -2.16. The number of rotatable bonds is 2. The molecule has 0 aliphatic carbocycles. The number of benzene rings is 1. The van der Waals surface area contributed by atoms with E-state index in [0.717, 1.165) is 21.0 Å². The van der Waals surface area contributed by atoms with Gasteiger partial charge in [-0.1, -0.05) is 23.9 Å². The van der Waals surface area contributed by atoms with Crippen molar-refractivity contribution in [1.29, 1.82) is 0 Å². The molecule has 0 atom stereocenters. The van der Waals surface area contributed by atoms with Crippen molar-refractivity contribution in [2.75, 3.05) is 11.1 Å². The van der Waals surface area contributed by atoms with Crippen LogP contribution in [-0.4, -0.2) is 26.4 Å². The van der Waals surface area contributed by atoms with Gasteiger partial charge in [0.1, 0.15) is 0 Å². The zero-order valence-electron chi connectivity index (χ0n) is 9.26. The number of hydrogen-bond acceptors (Lipinski definition) is 4. The molecule has 7 heteroatoms. The molecular formula is C11H9IN4OS. The first kappa shape index (κ1) is 12.0. The predicted molar refractivity (Wildman–Crippen MR) is 77.9 cm³/mol. The fraction of sp³-hybridized carbons (Fsp3) is 0.182. The highest BCUT2D eigenvalue weighted by atomic mass is 127. The molecule has 3 rings (SSSR count). The Morgan fingerprint density at radius 1 is 1.39 bits per heavy atom. The van der Waals surface area contributed by atoms with Crippen molar-refractivity contribution < 1.29 is 4.79 Å². The van der Waals surface area contributed by atoms with Crippen LogP contribution in [0, 0.1) is 3.57 Å². The van der Waals surface area contributed by atoms with Crippen molar-refractivity contribution in [3.05, 3.63) is 33.4 Å². The van der Waals surface area contributed by atoms with Crippen LogP contribution < -0.4 is 5.32 Å². The van der Waals surface area contributed by atoms with Crippen molar-refractivity contribution in [3.8, 4) is 0 Å². The van der Waals surface area contributed by atoms with Crippen molar-refractivity contribution in [2.45, 2.75) is 11.7 Å². The maximum Gasteiger partial charge on any atom is 0.259 e. The van der Waals surface area contributed by atoms with E-state index in [0.29, 0.717) is 11.5 Å². The normalized spacial score (nSPS) is 13.4. The van der Waals surface area contributed by atoms with Gasteiger partial charge in [-0.15, -0.1) is 10.2 Å². The predicted octanol–water partition coefficient (Wildman–Crippen LogP) is 2.24. The molecule has 18 heavy (non-hydrogen) atoms. The summed E-state index contributed by atoms with van der Waals surface area (Å²) in [6, 6.07) is 7.46. The van der Waals surface area contributed by atoms with Gasteiger partial charge < -0.3 is 0 Å². The monoisotopic (exact) mass is 372 g/mol. The van der Waals surface area contributed by atoms with Gasteiger partial charge in [-0.2, -0.15) is 0 Å². The Morgan fingerprint density at radius 3 is 3.06 bits per heavy atom. The smallest absolute Gasteiger partial charge is 0.259 e. The van der Waals surface area contributed by atoms with Gasteiger partial charge in [-0.3, -0.25) is 14.7 Å². The minimum Gasteiger partial charge on any atom is -0.290 e. The number of hydrogen-bond donors (Lipinski definition) is 1. The largest absolute Gasteiger partial charge is 0.290 e. The highest BCUT2D eigenvalue weighted by Crippen LogP contribution is 2.26. The summed E-state index contributed by atoms with van der Waals surface area (Å²) in [6.45, 7) is 0.842. The molecule has 0 unspecified atom stereocenters. The van der Waals surface area contributed by atoms with Crippen LogP contribution in [0.25, 0.3) is 0 Å². The number of aromatic nitrogens is 3. The molecule has 0 saturated heterocycles. The lowest BCUT2D eigenvalue weighted by atomic mass is 10.2. The number of carbonyl (C=O) groups excluding carboxylic acids is 1. The molecule has 92 valence electrons. The summed E-state index contributed by atoms with van der Waals surface area (Å²) in [6.07, 6.45) is 0. The molecule has 0 fully saturated rings. The summed E-state index contributed by atoms with van der Waals surface area (Å²) in [5.74, 6) is 1.36. The van der Waals surface area contributed by atoms with E-state index in [1.54, 1.807) is 17.8 Å². The van der Waals surface area contributed by atoms with E-state index >= 15 is 0 Å². The van der Waals surface area contributed by atoms with E-state index in [2.05, 4.69) is 38.1 Å². The van der Waals surface area contributed by atoms with E-state index in [-0.39, 0.29) is 5.91 Å². The van der Waals surface area contributed by atoms with Gasteiger partial charge in [-0.05, 0) is 34.7 Å². The van der Waals surface area contributed by atoms with Gasteiger partial charge in [0.25, 0.3) is 5.91 Å². The Balaban J connectivity index is 1.85. The highest BCUT2D eigenvalue weighted by Gasteiger charge is 2.20. The average molecular weight is 372 g/mol. The Hall–Kier alpha value is -1.09. The SMILES string of the molecule is O=C(Nc1nnc2n1CCS2)c1ccccc1I. The maximum absolute atomic E-state index is 12.1. The molecule has 2 aromatic rings. The van der Waals surface area contributed by atoms with Gasteiger partial charge in [0.05, 0.1) is 5.56 Å². The third kappa shape index (κ3) is 2.12. The van der Waals surface area contributed by atoms with Crippen LogP contribution in [0.3, 0.4) is 0 Å². The standard InChI is InChI=1S/C11H9IN4OS/c12-8-4-2-1-3-7(8)9(17)13-10-14-15-11-16(10)5-6-18-11/h1-4H,5-6H2,(H,13,14,17). The summed E-state index contributed by atoms with van der Waals surface area (Å²) >= 11 is 3.80. The molecule has 1 aromatic carbocycles. The zero-order chi connectivity index (χ0) is 12.5. The fourth-order valence-corrected chi connectivity index (χ4v) is 3.25. The minimum atomic E-state index is -0.146. The van der Waals surface area contributed by atoms with Gasteiger partial charge in [-0.25, -0.2) is 0 Å². The van der Waals surface area contributed by atoms with E-state index in [9.17, 15) is 4.79 Å². The molecular weight excluding hydrogens is 363 g/mol. The summed E-state index contributed by atoms with van der Waals surface area (Å²) < 4.78 is 2.85. The first-order valence-electron chi connectivity index (χ1n) is 5.37. The van der Waals surface area contributed by atoms with E-state index in [1.807, 2.05) is 22.8 Å². The second kappa shape index (κ2) is 4.88. The van der Waals surface area contributed by atoms with Crippen LogP contribution in [-0.2, 0) is 6.54 Å². The second-order valence-electron chi connectivity index (χ2n) is 3.74. The summed E-state index contributed by atoms with van der Waals surface area (Å²) in [5, 5.41) is 11.7. The molecule has 1 N–H and O–H groups in total. The quantitative estimate of drug-likeness (QED) is 0.822. The average Bonchev–Trinajstić information content (AvgIpc) is 2.94. The molecule has 1 aromatic heterocycles. The third-order valence-corrected chi connectivity index (χ3v) is 4.49. The molecule has 1 amide bonds. The van der Waals surface area contributed by atoms with Crippen molar-refractivity contribution in [3.63, 3.8) is 0 Å². The lowest BCUT2D eigenvalue weighted by molar-refractivity contribution is 0.102. The van der Waals surface area contributed by atoms with E-state index in [1.165, 1.54) is 0 Å². The number of anilines is 1. The van der Waals surface area contributed by atoms with Crippen LogP contribution in [0.5, 0.6) is 0 Å². The van der Waals surface area contributed by atoms with Gasteiger partial charge >= 0.3 is 0 Å². The number of halogens is 1. The Morgan fingerprint density at radius 2 is 2.22 bits per heavy atom. The van der Waals surface area contributed by atoms with Gasteiger partial charge in [0.15, 0.2) is 5.16 Å². The van der Waals surface area contributed by atoms with Crippen LogP contribution in [0.4, 0.5) is 5.95 Å². The topological polar surface area (TPSA) is 59.8 Å². The highest BCUT2D eigenvalue weighted by molar-refractivity contribution is 14.1. The van der Waals surface area contributed by atoms with Gasteiger partial charge in [0, 0.05) is 15.9 Å². The molecule has 1 aliphatic rings. The van der Waals surface area contributed by atoms with Gasteiger partial charge in [0.2, 0.25) is 5.95 Å². The van der Waals surface area contributed by atoms with Crippen LogP contribution in [0.1, 0.15) is 10.4 Å². The summed E-state index contributed by atoms with van der Waals surface area (Å²) in [5.41, 5.74) is 0.654. The number of nitrogens with one attached hydrogen (secondary N) is 1. The first-order valence-corrected chi connectivity index (χ1v) is 7.44. The number of nitrogens with zero attached hydrogens (tertiary/aromatic N) is 3. The molecule has 1 aliphatic heterocycles. The summed E-state index contributed by atoms with van der Waals surface area (Å²) in [7, 11) is 0. The Kier molecular flexibility index (Phi) is 3.25. The second-order valence-corrected chi connectivity index (χ2v) is 5.96. The van der Waals surface area contributed by atoms with Crippen molar-refractivity contribution in [2.24, 2.45) is 0 Å². The summed E-state index contributed by atoms with van der Waals surface area (Å²) in [4.78, 5) is 12.1. The Labute approximate surface area is 122 Å².